The molecule has 0 spiro atoms. The van der Waals surface area contributed by atoms with Crippen molar-refractivity contribution in [3.8, 4) is 0 Å². The average molecular weight is 235 g/mol. The van der Waals surface area contributed by atoms with Crippen LogP contribution < -0.4 is 10.9 Å². The van der Waals surface area contributed by atoms with E-state index in [9.17, 15) is 9.59 Å². The third kappa shape index (κ3) is 3.96. The zero-order valence-electron chi connectivity index (χ0n) is 10.2. The highest BCUT2D eigenvalue weighted by atomic mass is 16.2. The quantitative estimate of drug-likeness (QED) is 0.745. The molecule has 17 heavy (non-hydrogen) atoms. The predicted octanol–water partition coefficient (Wildman–Crippen LogP) is 0.930. The number of carbonyl (C=O) groups excluding carboxylic acids is 2. The molecule has 0 aliphatic rings. The Morgan fingerprint density at radius 2 is 1.82 bits per heavy atom. The molecule has 1 heterocycles. The van der Waals surface area contributed by atoms with Crippen LogP contribution in [0.3, 0.4) is 0 Å². The minimum Gasteiger partial charge on any atom is -0.298 e. The van der Waals surface area contributed by atoms with Crippen molar-refractivity contribution in [2.24, 2.45) is 5.92 Å². The highest BCUT2D eigenvalue weighted by Crippen LogP contribution is 2.02. The van der Waals surface area contributed by atoms with Gasteiger partial charge in [-0.2, -0.15) is 0 Å². The molecular formula is C12H17N3O2. The van der Waals surface area contributed by atoms with Gasteiger partial charge >= 0.3 is 0 Å². The van der Waals surface area contributed by atoms with E-state index in [1.165, 1.54) is 6.92 Å². The summed E-state index contributed by atoms with van der Waals surface area (Å²) >= 11 is 0. The minimum atomic E-state index is -0.374. The standard InChI is InChI=1S/C12H17N3O2/c1-8(2)11(9(3)16)14-15-12(17)10-4-6-13-7-5-10/h4-8,11,14H,1-3H3,(H,15,17). The van der Waals surface area contributed by atoms with Gasteiger partial charge in [0.15, 0.2) is 0 Å². The van der Waals surface area contributed by atoms with Gasteiger partial charge in [-0.25, -0.2) is 5.43 Å². The fourth-order valence-electron chi connectivity index (χ4n) is 1.46. The number of Topliss-reactive ketones (excluding diaryl/α,β-unsaturated/α-hetero) is 1. The number of nitrogens with one attached hydrogen (secondary N) is 2. The van der Waals surface area contributed by atoms with Gasteiger partial charge in [0.2, 0.25) is 0 Å². The normalized spacial score (nSPS) is 12.2. The van der Waals surface area contributed by atoms with Crippen molar-refractivity contribution < 1.29 is 9.59 Å². The second kappa shape index (κ2) is 6.10. The van der Waals surface area contributed by atoms with Gasteiger partial charge in [-0.3, -0.25) is 20.0 Å². The molecule has 92 valence electrons. The Labute approximate surface area is 101 Å². The second-order valence-electron chi connectivity index (χ2n) is 4.17. The largest absolute Gasteiger partial charge is 0.298 e. The number of aromatic nitrogens is 1. The van der Waals surface area contributed by atoms with Crippen molar-refractivity contribution in [2.45, 2.75) is 26.8 Å². The van der Waals surface area contributed by atoms with Gasteiger partial charge in [-0.1, -0.05) is 13.8 Å². The first-order valence-corrected chi connectivity index (χ1v) is 5.48. The summed E-state index contributed by atoms with van der Waals surface area (Å²) in [6.07, 6.45) is 3.08. The maximum atomic E-state index is 11.7. The van der Waals surface area contributed by atoms with Crippen LogP contribution in [0.1, 0.15) is 31.1 Å². The van der Waals surface area contributed by atoms with E-state index in [2.05, 4.69) is 15.8 Å². The number of nitrogens with zero attached hydrogens (tertiary/aromatic N) is 1. The molecule has 1 rings (SSSR count). The Hall–Kier alpha value is -1.75. The lowest BCUT2D eigenvalue weighted by Gasteiger charge is -2.19. The van der Waals surface area contributed by atoms with Crippen LogP contribution in [0, 0.1) is 5.92 Å². The summed E-state index contributed by atoms with van der Waals surface area (Å²) in [6.45, 7) is 5.32. The molecule has 0 radical (unpaired) electrons. The van der Waals surface area contributed by atoms with E-state index in [-0.39, 0.29) is 23.7 Å². The van der Waals surface area contributed by atoms with Crippen molar-refractivity contribution in [3.05, 3.63) is 30.1 Å². The third-order valence-corrected chi connectivity index (χ3v) is 2.39. The van der Waals surface area contributed by atoms with E-state index >= 15 is 0 Å². The van der Waals surface area contributed by atoms with E-state index < -0.39 is 0 Å². The molecule has 0 bridgehead atoms. The number of hydrogen-bond donors (Lipinski definition) is 2. The van der Waals surface area contributed by atoms with Gasteiger partial charge in [0.25, 0.3) is 5.91 Å². The summed E-state index contributed by atoms with van der Waals surface area (Å²) in [4.78, 5) is 26.8. The van der Waals surface area contributed by atoms with Crippen molar-refractivity contribution >= 4 is 11.7 Å². The first-order chi connectivity index (χ1) is 8.02. The molecule has 1 unspecified atom stereocenters. The van der Waals surface area contributed by atoms with Crippen LogP contribution in [0.15, 0.2) is 24.5 Å². The van der Waals surface area contributed by atoms with Crippen LogP contribution in [0.2, 0.25) is 0 Å². The van der Waals surface area contributed by atoms with Crippen LogP contribution in [0.5, 0.6) is 0 Å². The fraction of sp³-hybridized carbons (Fsp3) is 0.417. The lowest BCUT2D eigenvalue weighted by molar-refractivity contribution is -0.120. The Balaban J connectivity index is 2.56. The highest BCUT2D eigenvalue weighted by Gasteiger charge is 2.18. The molecule has 5 heteroatoms. The second-order valence-corrected chi connectivity index (χ2v) is 4.17. The van der Waals surface area contributed by atoms with Crippen LogP contribution in [0.4, 0.5) is 0 Å². The smallest absolute Gasteiger partial charge is 0.265 e. The number of amides is 1. The zero-order chi connectivity index (χ0) is 12.8. The summed E-state index contributed by atoms with van der Waals surface area (Å²) in [7, 11) is 0. The Morgan fingerprint density at radius 1 is 1.24 bits per heavy atom. The SMILES string of the molecule is CC(=O)C(NNC(=O)c1ccncc1)C(C)C. The Kier molecular flexibility index (Phi) is 4.78. The van der Waals surface area contributed by atoms with Crippen molar-refractivity contribution in [1.82, 2.24) is 15.8 Å². The first kappa shape index (κ1) is 13.3. The Bertz CT molecular complexity index is 390. The van der Waals surface area contributed by atoms with Crippen LogP contribution in [-0.2, 0) is 4.79 Å². The van der Waals surface area contributed by atoms with Gasteiger partial charge in [-0.15, -0.1) is 0 Å². The predicted molar refractivity (Wildman–Crippen MR) is 64.1 cm³/mol. The van der Waals surface area contributed by atoms with Crippen molar-refractivity contribution in [1.29, 1.82) is 0 Å². The third-order valence-electron chi connectivity index (χ3n) is 2.39. The van der Waals surface area contributed by atoms with Gasteiger partial charge < -0.3 is 0 Å². The molecular weight excluding hydrogens is 218 g/mol. The van der Waals surface area contributed by atoms with E-state index in [4.69, 9.17) is 0 Å². The summed E-state index contributed by atoms with van der Waals surface area (Å²) < 4.78 is 0. The molecule has 1 atom stereocenters. The number of hydrazine groups is 1. The molecule has 1 aromatic rings. The van der Waals surface area contributed by atoms with Gasteiger partial charge in [-0.05, 0) is 25.0 Å². The molecule has 2 N–H and O–H groups in total. The van der Waals surface area contributed by atoms with E-state index in [0.717, 1.165) is 0 Å². The average Bonchev–Trinajstić information content (AvgIpc) is 2.29. The van der Waals surface area contributed by atoms with Gasteiger partial charge in [0.1, 0.15) is 5.78 Å². The summed E-state index contributed by atoms with van der Waals surface area (Å²) in [5, 5.41) is 0. The molecule has 0 saturated heterocycles. The number of pyridine rings is 1. The molecule has 1 aromatic heterocycles. The maximum absolute atomic E-state index is 11.7. The number of rotatable bonds is 5. The van der Waals surface area contributed by atoms with Crippen LogP contribution >= 0.6 is 0 Å². The summed E-state index contributed by atoms with van der Waals surface area (Å²) in [5.41, 5.74) is 5.77. The number of hydrogen-bond acceptors (Lipinski definition) is 4. The summed E-state index contributed by atoms with van der Waals surface area (Å²) in [6, 6.07) is 2.84. The minimum absolute atomic E-state index is 0.00460. The molecule has 5 nitrogen and oxygen atoms in total. The summed E-state index contributed by atoms with van der Waals surface area (Å²) in [5.74, 6) is -0.167. The molecule has 0 saturated carbocycles. The molecule has 0 fully saturated rings. The van der Waals surface area contributed by atoms with Crippen molar-refractivity contribution in [3.63, 3.8) is 0 Å². The van der Waals surface area contributed by atoms with Gasteiger partial charge in [0.05, 0.1) is 6.04 Å². The molecule has 0 aromatic carbocycles. The molecule has 0 aliphatic heterocycles. The Morgan fingerprint density at radius 3 is 2.29 bits per heavy atom. The maximum Gasteiger partial charge on any atom is 0.265 e. The lowest BCUT2D eigenvalue weighted by Crippen LogP contribution is -2.50. The molecule has 0 aliphatic carbocycles. The highest BCUT2D eigenvalue weighted by molar-refractivity contribution is 5.94. The monoisotopic (exact) mass is 235 g/mol. The lowest BCUT2D eigenvalue weighted by atomic mass is 10.0. The topological polar surface area (TPSA) is 71.1 Å². The van der Waals surface area contributed by atoms with Crippen molar-refractivity contribution in [2.75, 3.05) is 0 Å². The van der Waals surface area contributed by atoms with Crippen LogP contribution in [-0.4, -0.2) is 22.7 Å². The first-order valence-electron chi connectivity index (χ1n) is 5.48. The molecule has 1 amide bonds. The van der Waals surface area contributed by atoms with Gasteiger partial charge in [0, 0.05) is 18.0 Å². The number of carbonyl (C=O) groups is 2. The fourth-order valence-corrected chi connectivity index (χ4v) is 1.46. The van der Waals surface area contributed by atoms with E-state index in [1.807, 2.05) is 13.8 Å². The van der Waals surface area contributed by atoms with E-state index in [1.54, 1.807) is 24.5 Å². The van der Waals surface area contributed by atoms with E-state index in [0.29, 0.717) is 5.56 Å². The zero-order valence-corrected chi connectivity index (χ0v) is 10.2. The van der Waals surface area contributed by atoms with Crippen LogP contribution in [0.25, 0.3) is 0 Å². The number of ketones is 1.